The Morgan fingerprint density at radius 1 is 1.18 bits per heavy atom. The van der Waals surface area contributed by atoms with E-state index in [2.05, 4.69) is 17.2 Å². The number of phenolic OH excluding ortho intramolecular Hbond substituents is 1. The molecule has 150 valence electrons. The average molecular weight is 406 g/mol. The lowest BCUT2D eigenvalue weighted by atomic mass is 9.86. The van der Waals surface area contributed by atoms with Crippen LogP contribution in [0.2, 0.25) is 5.02 Å². The van der Waals surface area contributed by atoms with Gasteiger partial charge in [-0.15, -0.1) is 10.2 Å². The van der Waals surface area contributed by atoms with Gasteiger partial charge < -0.3 is 9.84 Å². The first-order valence-electron chi connectivity index (χ1n) is 8.99. The molecule has 0 saturated carbocycles. The monoisotopic (exact) mass is 405 g/mol. The van der Waals surface area contributed by atoms with Crippen LogP contribution in [0.3, 0.4) is 0 Å². The highest BCUT2D eigenvalue weighted by Gasteiger charge is 2.22. The molecule has 0 atom stereocenters. The Morgan fingerprint density at radius 2 is 1.86 bits per heavy atom. The smallest absolute Gasteiger partial charge is 0.298 e. The van der Waals surface area contributed by atoms with Gasteiger partial charge in [0.2, 0.25) is 0 Å². The van der Waals surface area contributed by atoms with Crippen LogP contribution in [0.5, 0.6) is 11.5 Å². The lowest BCUT2D eigenvalue weighted by Crippen LogP contribution is -2.12. The zero-order chi connectivity index (χ0) is 20.9. The third-order valence-corrected chi connectivity index (χ3v) is 4.27. The van der Waals surface area contributed by atoms with Gasteiger partial charge >= 0.3 is 0 Å². The number of aromatic hydroxyl groups is 1. The molecule has 0 amide bonds. The molecule has 0 radical (unpaired) electrons. The zero-order valence-electron chi connectivity index (χ0n) is 16.4. The van der Waals surface area contributed by atoms with E-state index in [9.17, 15) is 15.2 Å². The van der Waals surface area contributed by atoms with Crippen molar-refractivity contribution in [1.29, 1.82) is 0 Å². The number of unbranched alkanes of at least 4 members (excludes halogenated alkanes) is 1. The Bertz CT molecular complexity index is 892. The van der Waals surface area contributed by atoms with Crippen molar-refractivity contribution in [3.63, 3.8) is 0 Å². The number of hydrogen-bond donors (Lipinski definition) is 1. The molecule has 0 unspecified atom stereocenters. The van der Waals surface area contributed by atoms with Crippen LogP contribution >= 0.6 is 11.6 Å². The Kier molecular flexibility index (Phi) is 6.96. The van der Waals surface area contributed by atoms with Gasteiger partial charge in [-0.1, -0.05) is 45.7 Å². The molecule has 0 fully saturated rings. The van der Waals surface area contributed by atoms with Gasteiger partial charge in [-0.05, 0) is 30.0 Å². The van der Waals surface area contributed by atoms with E-state index in [1.807, 2.05) is 20.8 Å². The van der Waals surface area contributed by atoms with Gasteiger partial charge in [0.25, 0.3) is 5.69 Å². The molecule has 2 rings (SSSR count). The minimum atomic E-state index is -0.578. The number of phenols is 1. The summed E-state index contributed by atoms with van der Waals surface area (Å²) < 4.78 is 5.77. The Hall–Kier alpha value is -2.67. The lowest BCUT2D eigenvalue weighted by Gasteiger charge is -2.22. The van der Waals surface area contributed by atoms with Crippen molar-refractivity contribution in [3.05, 3.63) is 51.0 Å². The summed E-state index contributed by atoms with van der Waals surface area (Å²) in [6.07, 6.45) is 1.90. The summed E-state index contributed by atoms with van der Waals surface area (Å²) in [5.74, 6) is 0.534. The fourth-order valence-electron chi connectivity index (χ4n) is 2.49. The van der Waals surface area contributed by atoms with Crippen molar-refractivity contribution in [2.45, 2.75) is 46.0 Å². The van der Waals surface area contributed by atoms with Crippen LogP contribution in [0.4, 0.5) is 17.1 Å². The van der Waals surface area contributed by atoms with Crippen LogP contribution in [-0.4, -0.2) is 16.6 Å². The number of rotatable bonds is 7. The van der Waals surface area contributed by atoms with Crippen molar-refractivity contribution in [3.8, 4) is 11.5 Å². The summed E-state index contributed by atoms with van der Waals surface area (Å²) in [6.45, 7) is 8.50. The maximum atomic E-state index is 11.2. The molecular formula is C20H24ClN3O4. The van der Waals surface area contributed by atoms with Crippen LogP contribution in [-0.2, 0) is 5.41 Å². The molecule has 0 heterocycles. The maximum Gasteiger partial charge on any atom is 0.298 e. The number of benzene rings is 2. The molecule has 0 bridgehead atoms. The van der Waals surface area contributed by atoms with E-state index >= 15 is 0 Å². The molecule has 7 nitrogen and oxygen atoms in total. The van der Waals surface area contributed by atoms with Gasteiger partial charge in [-0.2, -0.15) is 0 Å². The standard InChI is InChI=1S/C20H24ClN3O4/c1-5-6-9-28-14-11-15(20(2,3)4)19(25)17(12-14)23-22-16-8-7-13(21)10-18(16)24(26)27/h7-8,10-12,25H,5-6,9H2,1-4H3/b23-22+. The van der Waals surface area contributed by atoms with Gasteiger partial charge in [-0.3, -0.25) is 10.1 Å². The van der Waals surface area contributed by atoms with E-state index < -0.39 is 4.92 Å². The van der Waals surface area contributed by atoms with Gasteiger partial charge in [0.15, 0.2) is 5.69 Å². The van der Waals surface area contributed by atoms with Crippen LogP contribution in [0.15, 0.2) is 40.6 Å². The second-order valence-corrected chi connectivity index (χ2v) is 7.82. The van der Waals surface area contributed by atoms with Crippen molar-refractivity contribution < 1.29 is 14.8 Å². The SMILES string of the molecule is CCCCOc1cc(/N=N/c2ccc(Cl)cc2[N+](=O)[O-])c(O)c(C(C)(C)C)c1. The largest absolute Gasteiger partial charge is 0.505 e. The first-order valence-corrected chi connectivity index (χ1v) is 9.37. The summed E-state index contributed by atoms with van der Waals surface area (Å²) in [7, 11) is 0. The molecule has 0 aromatic heterocycles. The maximum absolute atomic E-state index is 11.2. The number of hydrogen-bond acceptors (Lipinski definition) is 6. The number of nitro benzene ring substituents is 1. The van der Waals surface area contributed by atoms with Crippen LogP contribution < -0.4 is 4.74 Å². The van der Waals surface area contributed by atoms with Crippen molar-refractivity contribution in [1.82, 2.24) is 0 Å². The molecule has 0 spiro atoms. The highest BCUT2D eigenvalue weighted by molar-refractivity contribution is 6.30. The van der Waals surface area contributed by atoms with E-state index in [-0.39, 0.29) is 33.2 Å². The minimum absolute atomic E-state index is 0.0318. The number of azo groups is 1. The molecule has 2 aromatic rings. The Labute approximate surface area is 169 Å². The highest BCUT2D eigenvalue weighted by atomic mass is 35.5. The average Bonchev–Trinajstić information content (AvgIpc) is 2.61. The van der Waals surface area contributed by atoms with E-state index in [0.717, 1.165) is 12.8 Å². The Morgan fingerprint density at radius 3 is 2.46 bits per heavy atom. The summed E-state index contributed by atoms with van der Waals surface area (Å²) >= 11 is 5.82. The van der Waals surface area contributed by atoms with Crippen molar-refractivity contribution in [2.75, 3.05) is 6.61 Å². The first kappa shape index (κ1) is 21.6. The first-order chi connectivity index (χ1) is 13.1. The second kappa shape index (κ2) is 9.01. The van der Waals surface area contributed by atoms with Crippen LogP contribution in [0, 0.1) is 10.1 Å². The molecule has 8 heteroatoms. The topological polar surface area (TPSA) is 97.3 Å². The molecule has 0 saturated heterocycles. The quantitative estimate of drug-likeness (QED) is 0.236. The molecule has 0 aliphatic rings. The summed E-state index contributed by atoms with van der Waals surface area (Å²) in [5, 5.41) is 30.1. The molecule has 0 aliphatic heterocycles. The van der Waals surface area contributed by atoms with E-state index in [0.29, 0.717) is 17.9 Å². The fourth-order valence-corrected chi connectivity index (χ4v) is 2.66. The lowest BCUT2D eigenvalue weighted by molar-refractivity contribution is -0.384. The van der Waals surface area contributed by atoms with E-state index in [4.69, 9.17) is 16.3 Å². The summed E-state index contributed by atoms with van der Waals surface area (Å²) in [4.78, 5) is 10.6. The predicted molar refractivity (Wildman–Crippen MR) is 109 cm³/mol. The van der Waals surface area contributed by atoms with Gasteiger partial charge in [0.1, 0.15) is 17.2 Å². The number of halogens is 1. The van der Waals surface area contributed by atoms with Gasteiger partial charge in [0, 0.05) is 22.7 Å². The predicted octanol–water partition coefficient (Wildman–Crippen LogP) is 6.85. The normalized spacial score (nSPS) is 11.8. The minimum Gasteiger partial charge on any atom is -0.505 e. The molecule has 0 aliphatic carbocycles. The Balaban J connectivity index is 2.48. The van der Waals surface area contributed by atoms with Gasteiger partial charge in [0.05, 0.1) is 11.5 Å². The molecule has 28 heavy (non-hydrogen) atoms. The van der Waals surface area contributed by atoms with E-state index in [1.165, 1.54) is 18.2 Å². The zero-order valence-corrected chi connectivity index (χ0v) is 17.2. The van der Waals surface area contributed by atoms with E-state index in [1.54, 1.807) is 12.1 Å². The van der Waals surface area contributed by atoms with Gasteiger partial charge in [-0.25, -0.2) is 0 Å². The second-order valence-electron chi connectivity index (χ2n) is 7.38. The molecule has 2 aromatic carbocycles. The van der Waals surface area contributed by atoms with Crippen LogP contribution in [0.25, 0.3) is 0 Å². The van der Waals surface area contributed by atoms with Crippen molar-refractivity contribution in [2.24, 2.45) is 10.2 Å². The summed E-state index contributed by atoms with van der Waals surface area (Å²) in [6, 6.07) is 7.47. The number of ether oxygens (including phenoxy) is 1. The number of nitro groups is 1. The summed E-state index contributed by atoms with van der Waals surface area (Å²) in [5.41, 5.74) is 0.264. The fraction of sp³-hybridized carbons (Fsp3) is 0.400. The third kappa shape index (κ3) is 5.42. The number of nitrogens with zero attached hydrogens (tertiary/aromatic N) is 3. The molecule has 1 N–H and O–H groups in total. The molecular weight excluding hydrogens is 382 g/mol. The van der Waals surface area contributed by atoms with Crippen LogP contribution in [0.1, 0.15) is 46.1 Å². The van der Waals surface area contributed by atoms with Crippen molar-refractivity contribution >= 4 is 28.7 Å². The third-order valence-electron chi connectivity index (χ3n) is 4.04. The highest BCUT2D eigenvalue weighted by Crippen LogP contribution is 2.42.